The number of thiophene rings is 1. The highest BCUT2D eigenvalue weighted by Gasteiger charge is 2.24. The summed E-state index contributed by atoms with van der Waals surface area (Å²) in [5.74, 6) is 0.536. The lowest BCUT2D eigenvalue weighted by Crippen LogP contribution is -2.51. The molecule has 2 heterocycles. The Labute approximate surface area is 154 Å². The van der Waals surface area contributed by atoms with Gasteiger partial charge < -0.3 is 10.2 Å². The predicted octanol–water partition coefficient (Wildman–Crippen LogP) is 6.25. The first-order valence-corrected chi connectivity index (χ1v) is 10.3. The molecule has 0 bridgehead atoms. The quantitative estimate of drug-likeness (QED) is 0.667. The fraction of sp³-hybridized carbons (Fsp3) is 0.750. The summed E-state index contributed by atoms with van der Waals surface area (Å²) in [5.41, 5.74) is 1.41. The van der Waals surface area contributed by atoms with Crippen molar-refractivity contribution < 1.29 is 4.79 Å². The van der Waals surface area contributed by atoms with Crippen LogP contribution < -0.4 is 5.32 Å². The third-order valence-electron chi connectivity index (χ3n) is 3.69. The van der Waals surface area contributed by atoms with Crippen molar-refractivity contribution in [3.63, 3.8) is 0 Å². The zero-order valence-electron chi connectivity index (χ0n) is 17.4. The minimum Gasteiger partial charge on any atom is -0.338 e. The van der Waals surface area contributed by atoms with E-state index < -0.39 is 0 Å². The molecular weight excluding hydrogens is 316 g/mol. The van der Waals surface area contributed by atoms with Crippen molar-refractivity contribution in [3.8, 4) is 0 Å². The second kappa shape index (κ2) is 15.5. The number of carbonyl (C=O) groups excluding carboxylic acids is 1. The van der Waals surface area contributed by atoms with E-state index in [-0.39, 0.29) is 6.03 Å². The van der Waals surface area contributed by atoms with E-state index in [4.69, 9.17) is 0 Å². The van der Waals surface area contributed by atoms with Gasteiger partial charge in [0.2, 0.25) is 0 Å². The average Bonchev–Trinajstić information content (AvgIpc) is 2.94. The topological polar surface area (TPSA) is 32.3 Å². The number of amides is 2. The number of rotatable bonds is 2. The Hall–Kier alpha value is -1.03. The van der Waals surface area contributed by atoms with Gasteiger partial charge in [-0.2, -0.15) is 0 Å². The molecule has 1 aliphatic heterocycles. The Morgan fingerprint density at radius 2 is 1.75 bits per heavy atom. The van der Waals surface area contributed by atoms with E-state index in [0.717, 1.165) is 19.5 Å². The van der Waals surface area contributed by atoms with Gasteiger partial charge in [-0.1, -0.05) is 48.0 Å². The van der Waals surface area contributed by atoms with Crippen LogP contribution in [0.5, 0.6) is 0 Å². The van der Waals surface area contributed by atoms with Crippen LogP contribution in [0.3, 0.4) is 0 Å². The molecular formula is C20H40N2OS. The molecule has 1 unspecified atom stereocenters. The fourth-order valence-corrected chi connectivity index (χ4v) is 2.57. The molecule has 1 saturated heterocycles. The van der Waals surface area contributed by atoms with Crippen LogP contribution in [0.1, 0.15) is 71.7 Å². The summed E-state index contributed by atoms with van der Waals surface area (Å²) in [7, 11) is 0. The molecule has 1 aromatic heterocycles. The average molecular weight is 357 g/mol. The lowest BCUT2D eigenvalue weighted by atomic mass is 10.0. The van der Waals surface area contributed by atoms with E-state index in [9.17, 15) is 4.79 Å². The van der Waals surface area contributed by atoms with Crippen LogP contribution in [0.25, 0.3) is 0 Å². The minimum atomic E-state index is 0.0995. The molecule has 2 rings (SSSR count). The van der Waals surface area contributed by atoms with Crippen LogP contribution in [0.2, 0.25) is 0 Å². The number of nitrogens with one attached hydrogen (secondary N) is 1. The van der Waals surface area contributed by atoms with E-state index >= 15 is 0 Å². The summed E-state index contributed by atoms with van der Waals surface area (Å²) >= 11 is 1.80. The summed E-state index contributed by atoms with van der Waals surface area (Å²) in [6, 6.07) is 2.59. The highest BCUT2D eigenvalue weighted by atomic mass is 32.1. The highest BCUT2D eigenvalue weighted by molar-refractivity contribution is 7.10. The van der Waals surface area contributed by atoms with Crippen molar-refractivity contribution >= 4 is 17.4 Å². The van der Waals surface area contributed by atoms with Crippen LogP contribution in [-0.2, 0) is 0 Å². The SMILES string of the molecule is CC.CC(C)C(C)N1CCCNC1=O.CCC.Cc1ccsc1C. The highest BCUT2D eigenvalue weighted by Crippen LogP contribution is 2.13. The maximum absolute atomic E-state index is 11.4. The zero-order valence-corrected chi connectivity index (χ0v) is 18.2. The van der Waals surface area contributed by atoms with Crippen molar-refractivity contribution in [2.24, 2.45) is 5.92 Å². The lowest BCUT2D eigenvalue weighted by Gasteiger charge is -2.34. The smallest absolute Gasteiger partial charge is 0.317 e. The Morgan fingerprint density at radius 1 is 1.21 bits per heavy atom. The molecule has 0 radical (unpaired) electrons. The van der Waals surface area contributed by atoms with Gasteiger partial charge in [-0.05, 0) is 50.1 Å². The van der Waals surface area contributed by atoms with Crippen LogP contribution in [0.15, 0.2) is 11.4 Å². The molecule has 0 aromatic carbocycles. The van der Waals surface area contributed by atoms with Gasteiger partial charge in [0.05, 0.1) is 0 Å². The molecule has 1 aliphatic rings. The summed E-state index contributed by atoms with van der Waals surface area (Å²) in [6.07, 6.45) is 2.32. The first-order valence-electron chi connectivity index (χ1n) is 9.40. The van der Waals surface area contributed by atoms with E-state index in [2.05, 4.69) is 65.2 Å². The maximum atomic E-state index is 11.4. The summed E-state index contributed by atoms with van der Waals surface area (Å²) in [5, 5.41) is 4.97. The third-order valence-corrected chi connectivity index (χ3v) is 4.64. The number of urea groups is 1. The van der Waals surface area contributed by atoms with E-state index in [1.165, 1.54) is 16.9 Å². The Balaban J connectivity index is 0. The monoisotopic (exact) mass is 356 g/mol. The van der Waals surface area contributed by atoms with Crippen molar-refractivity contribution in [3.05, 3.63) is 21.9 Å². The summed E-state index contributed by atoms with van der Waals surface area (Å²) < 4.78 is 0. The Bertz CT molecular complexity index is 399. The van der Waals surface area contributed by atoms with Crippen LogP contribution in [0.4, 0.5) is 4.79 Å². The van der Waals surface area contributed by atoms with Gasteiger partial charge in [0.25, 0.3) is 0 Å². The number of nitrogens with zero attached hydrogens (tertiary/aromatic N) is 1. The molecule has 2 amide bonds. The van der Waals surface area contributed by atoms with Gasteiger partial charge in [0, 0.05) is 24.0 Å². The fourth-order valence-electron chi connectivity index (χ4n) is 1.84. The van der Waals surface area contributed by atoms with Gasteiger partial charge in [0.15, 0.2) is 0 Å². The van der Waals surface area contributed by atoms with E-state index in [0.29, 0.717) is 12.0 Å². The van der Waals surface area contributed by atoms with Crippen molar-refractivity contribution in [2.45, 2.75) is 81.2 Å². The van der Waals surface area contributed by atoms with Crippen LogP contribution in [0, 0.1) is 19.8 Å². The van der Waals surface area contributed by atoms with Crippen LogP contribution in [-0.4, -0.2) is 30.1 Å². The van der Waals surface area contributed by atoms with Gasteiger partial charge >= 0.3 is 6.03 Å². The molecule has 1 N–H and O–H groups in total. The molecule has 4 heteroatoms. The lowest BCUT2D eigenvalue weighted by molar-refractivity contribution is 0.149. The number of hydrogen-bond acceptors (Lipinski definition) is 2. The van der Waals surface area contributed by atoms with Gasteiger partial charge in [-0.15, -0.1) is 11.3 Å². The first kappa shape index (κ1) is 25.2. The number of carbonyl (C=O) groups is 1. The van der Waals surface area contributed by atoms with E-state index in [1.807, 2.05) is 18.7 Å². The van der Waals surface area contributed by atoms with Crippen molar-refractivity contribution in [2.75, 3.05) is 13.1 Å². The zero-order chi connectivity index (χ0) is 19.1. The second-order valence-corrected chi connectivity index (χ2v) is 7.25. The molecule has 142 valence electrons. The summed E-state index contributed by atoms with van der Waals surface area (Å²) in [4.78, 5) is 14.7. The third kappa shape index (κ3) is 10.7. The van der Waals surface area contributed by atoms with E-state index in [1.54, 1.807) is 11.3 Å². The molecule has 1 aromatic rings. The Morgan fingerprint density at radius 3 is 2.04 bits per heavy atom. The molecule has 3 nitrogen and oxygen atoms in total. The van der Waals surface area contributed by atoms with Crippen molar-refractivity contribution in [1.82, 2.24) is 10.2 Å². The first-order chi connectivity index (χ1) is 11.3. The summed E-state index contributed by atoms with van der Waals surface area (Å²) in [6.45, 7) is 20.7. The van der Waals surface area contributed by atoms with Gasteiger partial charge in [0.1, 0.15) is 0 Å². The predicted molar refractivity (Wildman–Crippen MR) is 110 cm³/mol. The standard InChI is InChI=1S/C9H18N2O.C6H8S.C3H8.C2H6/c1-7(2)8(3)11-6-4-5-10-9(11)12;1-5-3-4-7-6(5)2;1-3-2;1-2/h7-8H,4-6H2,1-3H3,(H,10,12);3-4H,1-2H3;3H2,1-2H3;1-2H3. The maximum Gasteiger partial charge on any atom is 0.317 e. The molecule has 0 saturated carbocycles. The number of aryl methyl sites for hydroxylation is 2. The second-order valence-electron chi connectivity index (χ2n) is 6.13. The van der Waals surface area contributed by atoms with Crippen LogP contribution >= 0.6 is 11.3 Å². The molecule has 24 heavy (non-hydrogen) atoms. The molecule has 0 spiro atoms. The van der Waals surface area contributed by atoms with Gasteiger partial charge in [-0.3, -0.25) is 0 Å². The minimum absolute atomic E-state index is 0.0995. The molecule has 1 fully saturated rings. The largest absolute Gasteiger partial charge is 0.338 e. The van der Waals surface area contributed by atoms with Gasteiger partial charge in [-0.25, -0.2) is 4.79 Å². The molecule has 1 atom stereocenters. The number of hydrogen-bond donors (Lipinski definition) is 1. The normalized spacial score (nSPS) is 14.2. The Kier molecular flexibility index (Phi) is 16.3. The van der Waals surface area contributed by atoms with Crippen molar-refractivity contribution in [1.29, 1.82) is 0 Å². The molecule has 0 aliphatic carbocycles.